The Balaban J connectivity index is 2.11. The van der Waals surface area contributed by atoms with Crippen LogP contribution in [0.5, 0.6) is 0 Å². The minimum atomic E-state index is -0.681. The fourth-order valence-electron chi connectivity index (χ4n) is 3.60. The minimum Gasteiger partial charge on any atom is -0.309 e. The summed E-state index contributed by atoms with van der Waals surface area (Å²) in [4.78, 5) is 34.8. The Morgan fingerprint density at radius 1 is 1.22 bits per heavy atom. The summed E-state index contributed by atoms with van der Waals surface area (Å²) >= 11 is 0. The van der Waals surface area contributed by atoms with Crippen molar-refractivity contribution in [1.29, 1.82) is 5.26 Å². The molecule has 0 aliphatic carbocycles. The van der Waals surface area contributed by atoms with Crippen LogP contribution < -0.4 is 11.0 Å². The molecule has 0 radical (unpaired) electrons. The van der Waals surface area contributed by atoms with E-state index >= 15 is 0 Å². The van der Waals surface area contributed by atoms with Crippen LogP contribution in [0, 0.1) is 24.1 Å². The molecule has 32 heavy (non-hydrogen) atoms. The number of hydrogen-bond donors (Lipinski definition) is 0. The maximum atomic E-state index is 13.6. The molecule has 1 amide bonds. The summed E-state index contributed by atoms with van der Waals surface area (Å²) < 4.78 is 16.7. The van der Waals surface area contributed by atoms with E-state index in [2.05, 4.69) is 4.99 Å². The van der Waals surface area contributed by atoms with Gasteiger partial charge in [-0.25, -0.2) is 9.37 Å². The third-order valence-corrected chi connectivity index (χ3v) is 5.24. The van der Waals surface area contributed by atoms with Crippen LogP contribution in [0.25, 0.3) is 16.7 Å². The number of carbonyl (C=O) groups excluding carboxylic acids is 1. The van der Waals surface area contributed by atoms with Crippen LogP contribution in [0.1, 0.15) is 41.3 Å². The van der Waals surface area contributed by atoms with Gasteiger partial charge in [-0.1, -0.05) is 25.5 Å². The van der Waals surface area contributed by atoms with Gasteiger partial charge in [-0.05, 0) is 49.2 Å². The molecule has 8 heteroatoms. The number of benzene rings is 1. The van der Waals surface area contributed by atoms with Crippen molar-refractivity contribution in [1.82, 2.24) is 14.0 Å². The van der Waals surface area contributed by atoms with E-state index in [4.69, 9.17) is 4.98 Å². The van der Waals surface area contributed by atoms with E-state index in [9.17, 15) is 19.2 Å². The second kappa shape index (κ2) is 8.55. The van der Waals surface area contributed by atoms with Crippen LogP contribution in [-0.2, 0) is 6.54 Å². The van der Waals surface area contributed by atoms with Crippen molar-refractivity contribution in [2.45, 2.75) is 33.2 Å². The normalized spacial score (nSPS) is 11.8. The van der Waals surface area contributed by atoms with E-state index in [0.717, 1.165) is 24.5 Å². The molecule has 3 heterocycles. The van der Waals surface area contributed by atoms with E-state index < -0.39 is 11.7 Å². The molecule has 4 aromatic rings. The lowest BCUT2D eigenvalue weighted by Gasteiger charge is -2.13. The number of aromatic nitrogens is 3. The molecule has 160 valence electrons. The van der Waals surface area contributed by atoms with Gasteiger partial charge in [-0.3, -0.25) is 14.0 Å². The number of hydrogen-bond acceptors (Lipinski definition) is 4. The maximum absolute atomic E-state index is 13.6. The molecule has 1 aromatic carbocycles. The van der Waals surface area contributed by atoms with E-state index in [1.807, 2.05) is 26.0 Å². The van der Waals surface area contributed by atoms with Crippen LogP contribution in [0.4, 0.5) is 4.39 Å². The van der Waals surface area contributed by atoms with Gasteiger partial charge >= 0.3 is 0 Å². The predicted octanol–water partition coefficient (Wildman–Crippen LogP) is 3.51. The summed E-state index contributed by atoms with van der Waals surface area (Å²) in [5, 5.41) is 10.0. The maximum Gasteiger partial charge on any atom is 0.279 e. The summed E-state index contributed by atoms with van der Waals surface area (Å²) in [6.07, 6.45) is 3.19. The minimum absolute atomic E-state index is 0.0680. The average Bonchev–Trinajstić information content (AvgIpc) is 2.79. The topological polar surface area (TPSA) is 92.5 Å². The predicted molar refractivity (Wildman–Crippen MR) is 118 cm³/mol. The number of nitriles is 1. The monoisotopic (exact) mass is 429 g/mol. The second-order valence-electron chi connectivity index (χ2n) is 7.46. The fourth-order valence-corrected chi connectivity index (χ4v) is 3.60. The molecule has 3 aromatic heterocycles. The van der Waals surface area contributed by atoms with Crippen molar-refractivity contribution < 1.29 is 9.18 Å². The molecule has 0 saturated heterocycles. The van der Waals surface area contributed by atoms with Gasteiger partial charge in [0.25, 0.3) is 11.5 Å². The van der Waals surface area contributed by atoms with Crippen molar-refractivity contribution in [3.8, 4) is 6.07 Å². The van der Waals surface area contributed by atoms with Gasteiger partial charge in [-0.15, -0.1) is 0 Å². The summed E-state index contributed by atoms with van der Waals surface area (Å²) in [6, 6.07) is 12.3. The zero-order chi connectivity index (χ0) is 22.8. The van der Waals surface area contributed by atoms with Gasteiger partial charge in [0, 0.05) is 18.3 Å². The number of amides is 1. The second-order valence-corrected chi connectivity index (χ2v) is 7.46. The highest BCUT2D eigenvalue weighted by molar-refractivity contribution is 5.95. The molecular weight excluding hydrogens is 409 g/mol. The molecule has 4 rings (SSSR count). The van der Waals surface area contributed by atoms with Crippen molar-refractivity contribution in [2.75, 3.05) is 0 Å². The molecule has 0 saturated carbocycles. The molecule has 7 nitrogen and oxygen atoms in total. The van der Waals surface area contributed by atoms with Crippen LogP contribution >= 0.6 is 0 Å². The van der Waals surface area contributed by atoms with Gasteiger partial charge in [0.1, 0.15) is 23.2 Å². The molecule has 0 bridgehead atoms. The molecule has 0 N–H and O–H groups in total. The van der Waals surface area contributed by atoms with Gasteiger partial charge in [-0.2, -0.15) is 10.3 Å². The molecule has 0 spiro atoms. The molecule has 0 unspecified atom stereocenters. The van der Waals surface area contributed by atoms with E-state index in [-0.39, 0.29) is 27.6 Å². The highest BCUT2D eigenvalue weighted by Gasteiger charge is 2.16. The van der Waals surface area contributed by atoms with E-state index in [1.165, 1.54) is 28.7 Å². The Morgan fingerprint density at radius 2 is 2.03 bits per heavy atom. The number of aryl methyl sites for hydroxylation is 2. The number of unbranched alkanes of at least 4 members (excludes halogenated alkanes) is 1. The first-order valence-corrected chi connectivity index (χ1v) is 10.2. The lowest BCUT2D eigenvalue weighted by atomic mass is 10.2. The Bertz CT molecular complexity index is 1540. The number of halogens is 1. The standard InChI is InChI=1S/C24H20FN5O2/c1-3-4-10-29-21(28-23(31)16-8-5-9-18(25)12-16)17(14-26)13-19-22(29)27-20-15(2)7-6-11-30(20)24(19)32/h5-9,11-13H,3-4,10H2,1-2H3. The van der Waals surface area contributed by atoms with Gasteiger partial charge in [0.2, 0.25) is 0 Å². The van der Waals surface area contributed by atoms with Crippen LogP contribution in [-0.4, -0.2) is 19.9 Å². The summed E-state index contributed by atoms with van der Waals surface area (Å²) in [5.74, 6) is -1.24. The zero-order valence-electron chi connectivity index (χ0n) is 17.7. The summed E-state index contributed by atoms with van der Waals surface area (Å²) in [5.41, 5.74) is 1.59. The van der Waals surface area contributed by atoms with Crippen molar-refractivity contribution in [3.63, 3.8) is 0 Å². The number of pyridine rings is 2. The van der Waals surface area contributed by atoms with Crippen molar-refractivity contribution in [2.24, 2.45) is 4.99 Å². The molecule has 0 fully saturated rings. The highest BCUT2D eigenvalue weighted by Crippen LogP contribution is 2.14. The molecule has 0 aliphatic heterocycles. The van der Waals surface area contributed by atoms with E-state index in [0.29, 0.717) is 17.8 Å². The molecule has 0 aliphatic rings. The van der Waals surface area contributed by atoms with Crippen molar-refractivity contribution >= 4 is 22.6 Å². The first-order valence-electron chi connectivity index (χ1n) is 10.2. The Kier molecular flexibility index (Phi) is 5.65. The smallest absolute Gasteiger partial charge is 0.279 e. The fraction of sp³-hybridized carbons (Fsp3) is 0.208. The number of nitrogens with zero attached hydrogens (tertiary/aromatic N) is 5. The lowest BCUT2D eigenvalue weighted by Crippen LogP contribution is -2.29. The van der Waals surface area contributed by atoms with Gasteiger partial charge < -0.3 is 4.57 Å². The largest absolute Gasteiger partial charge is 0.309 e. The first-order chi connectivity index (χ1) is 15.4. The third-order valence-electron chi connectivity index (χ3n) is 5.24. The van der Waals surface area contributed by atoms with E-state index in [1.54, 1.807) is 16.8 Å². The first kappa shape index (κ1) is 21.1. The van der Waals surface area contributed by atoms with Crippen LogP contribution in [0.15, 0.2) is 58.4 Å². The van der Waals surface area contributed by atoms with Gasteiger partial charge in [0.15, 0.2) is 5.49 Å². The molecular formula is C24H20FN5O2. The number of carbonyl (C=O) groups is 1. The quantitative estimate of drug-likeness (QED) is 0.464. The SMILES string of the molecule is CCCCn1c(=NC(=O)c2cccc(F)c2)c(C#N)cc2c(=O)n3cccc(C)c3nc21. The Labute approximate surface area is 182 Å². The summed E-state index contributed by atoms with van der Waals surface area (Å²) in [7, 11) is 0. The zero-order valence-corrected chi connectivity index (χ0v) is 17.7. The van der Waals surface area contributed by atoms with Crippen LogP contribution in [0.2, 0.25) is 0 Å². The number of fused-ring (bicyclic) bond motifs is 2. The third kappa shape index (κ3) is 3.69. The van der Waals surface area contributed by atoms with Gasteiger partial charge in [0.05, 0.1) is 10.9 Å². The lowest BCUT2D eigenvalue weighted by molar-refractivity contribution is 0.0996. The highest BCUT2D eigenvalue weighted by atomic mass is 19.1. The van der Waals surface area contributed by atoms with Crippen molar-refractivity contribution in [3.05, 3.63) is 87.0 Å². The Morgan fingerprint density at radius 3 is 2.75 bits per heavy atom. The Hall–Kier alpha value is -4.12. The average molecular weight is 429 g/mol. The number of rotatable bonds is 4. The van der Waals surface area contributed by atoms with Crippen LogP contribution in [0.3, 0.4) is 0 Å². The summed E-state index contributed by atoms with van der Waals surface area (Å²) in [6.45, 7) is 4.27. The molecule has 0 atom stereocenters.